The molecular weight excluding hydrogens is 346 g/mol. The van der Waals surface area contributed by atoms with E-state index in [0.29, 0.717) is 17.3 Å². The maximum Gasteiger partial charge on any atom is 0.338 e. The first-order valence-electron chi connectivity index (χ1n) is 8.62. The number of hydrogen-bond donors (Lipinski definition) is 3. The Morgan fingerprint density at radius 2 is 1.52 bits per heavy atom. The largest absolute Gasteiger partial charge is 0.452 e. The molecule has 3 amide bonds. The van der Waals surface area contributed by atoms with Crippen LogP contribution in [0.2, 0.25) is 0 Å². The Labute approximate surface area is 157 Å². The number of urea groups is 1. The normalized spacial score (nSPS) is 11.3. The van der Waals surface area contributed by atoms with Crippen LogP contribution in [0.4, 0.5) is 16.2 Å². The van der Waals surface area contributed by atoms with E-state index in [2.05, 4.69) is 24.5 Å². The van der Waals surface area contributed by atoms with Gasteiger partial charge in [-0.15, -0.1) is 0 Å². The quantitative estimate of drug-likeness (QED) is 0.649. The molecule has 0 saturated heterocycles. The second-order valence-electron chi connectivity index (χ2n) is 6.12. The zero-order chi connectivity index (χ0) is 19.8. The van der Waals surface area contributed by atoms with E-state index in [1.165, 1.54) is 29.8 Å². The number of amides is 3. The van der Waals surface area contributed by atoms with Crippen molar-refractivity contribution in [3.63, 3.8) is 0 Å². The number of nitrogens with two attached hydrogens (primary N) is 1. The van der Waals surface area contributed by atoms with Crippen LogP contribution in [0.1, 0.15) is 42.1 Å². The summed E-state index contributed by atoms with van der Waals surface area (Å²) in [5, 5.41) is 5.07. The first kappa shape index (κ1) is 20.0. The van der Waals surface area contributed by atoms with E-state index >= 15 is 0 Å². The number of ether oxygens (including phenoxy) is 1. The molecule has 142 valence electrons. The second kappa shape index (κ2) is 9.38. The van der Waals surface area contributed by atoms with Crippen molar-refractivity contribution in [3.8, 4) is 0 Å². The molecule has 0 saturated carbocycles. The predicted molar refractivity (Wildman–Crippen MR) is 104 cm³/mol. The maximum atomic E-state index is 12.0. The molecular formula is C20H23N3O4. The summed E-state index contributed by atoms with van der Waals surface area (Å²) < 4.78 is 5.00. The van der Waals surface area contributed by atoms with Crippen LogP contribution in [-0.2, 0) is 9.53 Å². The van der Waals surface area contributed by atoms with E-state index in [0.717, 1.165) is 6.42 Å². The van der Waals surface area contributed by atoms with Crippen molar-refractivity contribution in [2.75, 3.05) is 17.2 Å². The molecule has 0 radical (unpaired) electrons. The molecule has 7 nitrogen and oxygen atoms in total. The molecule has 27 heavy (non-hydrogen) atoms. The SMILES string of the molecule is CC[C@H](C)c1ccc(NC(=O)COC(=O)c2ccc(NC(N)=O)cc2)cc1. The van der Waals surface area contributed by atoms with Gasteiger partial charge < -0.3 is 21.1 Å². The summed E-state index contributed by atoms with van der Waals surface area (Å²) >= 11 is 0. The lowest BCUT2D eigenvalue weighted by Crippen LogP contribution is -2.21. The topological polar surface area (TPSA) is 111 Å². The van der Waals surface area contributed by atoms with Crippen LogP contribution in [0.15, 0.2) is 48.5 Å². The van der Waals surface area contributed by atoms with Gasteiger partial charge in [0.05, 0.1) is 5.56 Å². The molecule has 0 aromatic heterocycles. The van der Waals surface area contributed by atoms with Gasteiger partial charge in [0.15, 0.2) is 6.61 Å². The van der Waals surface area contributed by atoms with Crippen molar-refractivity contribution in [3.05, 3.63) is 59.7 Å². The van der Waals surface area contributed by atoms with Gasteiger partial charge in [-0.2, -0.15) is 0 Å². The molecule has 2 aromatic rings. The molecule has 2 rings (SSSR count). The molecule has 1 atom stereocenters. The number of rotatable bonds is 7. The van der Waals surface area contributed by atoms with Crippen LogP contribution >= 0.6 is 0 Å². The van der Waals surface area contributed by atoms with E-state index in [4.69, 9.17) is 10.5 Å². The number of hydrogen-bond acceptors (Lipinski definition) is 4. The lowest BCUT2D eigenvalue weighted by molar-refractivity contribution is -0.119. The third kappa shape index (κ3) is 6.14. The monoisotopic (exact) mass is 369 g/mol. The maximum absolute atomic E-state index is 12.0. The summed E-state index contributed by atoms with van der Waals surface area (Å²) in [7, 11) is 0. The van der Waals surface area contributed by atoms with Gasteiger partial charge in [0, 0.05) is 11.4 Å². The molecule has 7 heteroatoms. The zero-order valence-electron chi connectivity index (χ0n) is 15.3. The standard InChI is InChI=1S/C20H23N3O4/c1-3-13(2)14-4-8-16(9-5-14)22-18(24)12-27-19(25)15-6-10-17(11-7-15)23-20(21)26/h4-11,13H,3,12H2,1-2H3,(H,22,24)(H3,21,23,26)/t13-/m0/s1. The van der Waals surface area contributed by atoms with Crippen molar-refractivity contribution >= 4 is 29.3 Å². The highest BCUT2D eigenvalue weighted by Crippen LogP contribution is 2.20. The van der Waals surface area contributed by atoms with Gasteiger partial charge in [-0.1, -0.05) is 26.0 Å². The van der Waals surface area contributed by atoms with E-state index < -0.39 is 24.5 Å². The van der Waals surface area contributed by atoms with Gasteiger partial charge in [-0.05, 0) is 54.3 Å². The van der Waals surface area contributed by atoms with Crippen LogP contribution < -0.4 is 16.4 Å². The van der Waals surface area contributed by atoms with Gasteiger partial charge in [-0.3, -0.25) is 4.79 Å². The Morgan fingerprint density at radius 1 is 0.963 bits per heavy atom. The molecule has 0 fully saturated rings. The van der Waals surface area contributed by atoms with Gasteiger partial charge >= 0.3 is 12.0 Å². The first-order valence-corrected chi connectivity index (χ1v) is 8.62. The second-order valence-corrected chi connectivity index (χ2v) is 6.12. The molecule has 0 spiro atoms. The highest BCUT2D eigenvalue weighted by atomic mass is 16.5. The third-order valence-corrected chi connectivity index (χ3v) is 4.10. The fourth-order valence-electron chi connectivity index (χ4n) is 2.37. The Kier molecular flexibility index (Phi) is 6.93. The van der Waals surface area contributed by atoms with E-state index in [1.54, 1.807) is 0 Å². The molecule has 0 aliphatic heterocycles. The van der Waals surface area contributed by atoms with Crippen LogP contribution in [0.3, 0.4) is 0 Å². The fourth-order valence-corrected chi connectivity index (χ4v) is 2.37. The van der Waals surface area contributed by atoms with Crippen molar-refractivity contribution in [2.45, 2.75) is 26.2 Å². The summed E-state index contributed by atoms with van der Waals surface area (Å²) in [6.07, 6.45) is 1.04. The summed E-state index contributed by atoms with van der Waals surface area (Å²) in [6.45, 7) is 3.87. The van der Waals surface area contributed by atoms with Crippen molar-refractivity contribution in [1.29, 1.82) is 0 Å². The molecule has 0 aliphatic rings. The number of carbonyl (C=O) groups is 3. The van der Waals surface area contributed by atoms with Gasteiger partial charge in [-0.25, -0.2) is 9.59 Å². The van der Waals surface area contributed by atoms with E-state index in [1.807, 2.05) is 24.3 Å². The van der Waals surface area contributed by atoms with Crippen LogP contribution in [0.5, 0.6) is 0 Å². The Balaban J connectivity index is 1.84. The third-order valence-electron chi connectivity index (χ3n) is 4.10. The number of esters is 1. The number of primary amides is 1. The van der Waals surface area contributed by atoms with Gasteiger partial charge in [0.25, 0.3) is 5.91 Å². The Hall–Kier alpha value is -3.35. The average molecular weight is 369 g/mol. The molecule has 4 N–H and O–H groups in total. The minimum absolute atomic E-state index is 0.260. The fraction of sp³-hybridized carbons (Fsp3) is 0.250. The molecule has 0 unspecified atom stereocenters. The minimum atomic E-state index is -0.695. The first-order chi connectivity index (χ1) is 12.9. The van der Waals surface area contributed by atoms with E-state index in [9.17, 15) is 14.4 Å². The molecule has 2 aromatic carbocycles. The van der Waals surface area contributed by atoms with Gasteiger partial charge in [0.1, 0.15) is 0 Å². The number of carbonyl (C=O) groups excluding carboxylic acids is 3. The van der Waals surface area contributed by atoms with Gasteiger partial charge in [0.2, 0.25) is 0 Å². The summed E-state index contributed by atoms with van der Waals surface area (Å²) in [4.78, 5) is 34.7. The number of nitrogens with one attached hydrogen (secondary N) is 2. The minimum Gasteiger partial charge on any atom is -0.452 e. The molecule has 0 bridgehead atoms. The predicted octanol–water partition coefficient (Wildman–Crippen LogP) is 3.49. The van der Waals surface area contributed by atoms with Crippen LogP contribution in [-0.4, -0.2) is 24.5 Å². The highest BCUT2D eigenvalue weighted by molar-refractivity contribution is 5.96. The highest BCUT2D eigenvalue weighted by Gasteiger charge is 2.11. The Morgan fingerprint density at radius 3 is 2.07 bits per heavy atom. The smallest absolute Gasteiger partial charge is 0.338 e. The lowest BCUT2D eigenvalue weighted by Gasteiger charge is -2.11. The van der Waals surface area contributed by atoms with Crippen molar-refractivity contribution in [1.82, 2.24) is 0 Å². The molecule has 0 aliphatic carbocycles. The summed E-state index contributed by atoms with van der Waals surface area (Å²) in [6, 6.07) is 12.9. The van der Waals surface area contributed by atoms with E-state index in [-0.39, 0.29) is 5.56 Å². The average Bonchev–Trinajstić information content (AvgIpc) is 2.66. The Bertz CT molecular complexity index is 801. The lowest BCUT2D eigenvalue weighted by atomic mass is 9.99. The van der Waals surface area contributed by atoms with Crippen molar-refractivity contribution in [2.24, 2.45) is 5.73 Å². The number of anilines is 2. The number of benzene rings is 2. The van der Waals surface area contributed by atoms with Crippen LogP contribution in [0, 0.1) is 0 Å². The summed E-state index contributed by atoms with van der Waals surface area (Å²) in [5.41, 5.74) is 7.57. The zero-order valence-corrected chi connectivity index (χ0v) is 15.3. The van der Waals surface area contributed by atoms with Crippen LogP contribution in [0.25, 0.3) is 0 Å². The van der Waals surface area contributed by atoms with Crippen molar-refractivity contribution < 1.29 is 19.1 Å². The molecule has 0 heterocycles. The summed E-state index contributed by atoms with van der Waals surface area (Å²) in [5.74, 6) is -0.602.